The minimum atomic E-state index is 1.17. The van der Waals surface area contributed by atoms with Gasteiger partial charge in [-0.05, 0) is 122 Å². The number of para-hydroxylation sites is 3. The molecule has 11 aromatic carbocycles. The summed E-state index contributed by atoms with van der Waals surface area (Å²) in [5, 5.41) is 15.2. The van der Waals surface area contributed by atoms with E-state index in [0.29, 0.717) is 0 Å². The van der Waals surface area contributed by atoms with Gasteiger partial charge in [-0.2, -0.15) is 0 Å². The Morgan fingerprint density at radius 3 is 1.46 bits per heavy atom. The van der Waals surface area contributed by atoms with Gasteiger partial charge in [-0.3, -0.25) is 0 Å². The van der Waals surface area contributed by atoms with E-state index < -0.39 is 0 Å². The lowest BCUT2D eigenvalue weighted by Crippen LogP contribution is -1.98. The van der Waals surface area contributed by atoms with E-state index in [1.165, 1.54) is 130 Å². The maximum atomic E-state index is 2.55. The van der Waals surface area contributed by atoms with E-state index in [2.05, 4.69) is 228 Å². The second-order valence-electron chi connectivity index (χ2n) is 16.8. The van der Waals surface area contributed by atoms with E-state index in [1.54, 1.807) is 0 Å². The number of aromatic nitrogens is 2. The molecule has 0 aliphatic carbocycles. The first-order valence-corrected chi connectivity index (χ1v) is 22.5. The lowest BCUT2D eigenvalue weighted by atomic mass is 9.90. The Bertz CT molecular complexity index is 4200. The van der Waals surface area contributed by atoms with Crippen LogP contribution in [-0.4, -0.2) is 9.13 Å². The number of rotatable bonds is 4. The Labute approximate surface area is 366 Å². The van der Waals surface area contributed by atoms with Crippen molar-refractivity contribution >= 4 is 107 Å². The fourth-order valence-corrected chi connectivity index (χ4v) is 11.9. The molecule has 0 aliphatic rings. The Kier molecular flexibility index (Phi) is 7.30. The minimum Gasteiger partial charge on any atom is -0.309 e. The number of thiophene rings is 1. The molecule has 63 heavy (non-hydrogen) atoms. The predicted molar refractivity (Wildman–Crippen MR) is 271 cm³/mol. The standard InChI is InChI=1S/C60H36N2S/c1-2-15-40(16-3-1)61-52-25-11-8-20-45(52)49-33-37(29-31-54(49)61)38-30-32-55-50(34-38)46-21-9-12-26-53(46)62(55)56-36-39(41-24-14-28-58-60(41)48-23-10-13-27-57(48)63-58)35-51-44-19-5-4-17-42(44)43-18-6-7-22-47(43)59(51)56/h1-36H. The third-order valence-electron chi connectivity index (χ3n) is 13.5. The first-order valence-electron chi connectivity index (χ1n) is 21.7. The van der Waals surface area contributed by atoms with Crippen molar-refractivity contribution in [3.63, 3.8) is 0 Å². The Balaban J connectivity index is 1.06. The number of benzene rings is 11. The molecule has 0 saturated carbocycles. The van der Waals surface area contributed by atoms with Gasteiger partial charge in [0.25, 0.3) is 0 Å². The van der Waals surface area contributed by atoms with Gasteiger partial charge in [-0.1, -0.05) is 146 Å². The van der Waals surface area contributed by atoms with Gasteiger partial charge in [0.1, 0.15) is 0 Å². The number of hydrogen-bond donors (Lipinski definition) is 0. The van der Waals surface area contributed by atoms with Crippen LogP contribution in [-0.2, 0) is 0 Å². The van der Waals surface area contributed by atoms with Crippen molar-refractivity contribution in [2.45, 2.75) is 0 Å². The van der Waals surface area contributed by atoms with E-state index in [1.807, 2.05) is 11.3 Å². The zero-order chi connectivity index (χ0) is 41.2. The second-order valence-corrected chi connectivity index (χ2v) is 17.9. The zero-order valence-corrected chi connectivity index (χ0v) is 34.9. The smallest absolute Gasteiger partial charge is 0.0553 e. The molecule has 14 aromatic rings. The van der Waals surface area contributed by atoms with Crippen LogP contribution in [0, 0.1) is 0 Å². The molecule has 0 aliphatic heterocycles. The highest BCUT2D eigenvalue weighted by Gasteiger charge is 2.22. The summed E-state index contributed by atoms with van der Waals surface area (Å²) in [6, 6.07) is 81.1. The second kappa shape index (κ2) is 13.3. The number of hydrogen-bond acceptors (Lipinski definition) is 1. The highest BCUT2D eigenvalue weighted by Crippen LogP contribution is 2.47. The monoisotopic (exact) mass is 816 g/mol. The zero-order valence-electron chi connectivity index (χ0n) is 34.1. The molecule has 14 rings (SSSR count). The van der Waals surface area contributed by atoms with E-state index >= 15 is 0 Å². The van der Waals surface area contributed by atoms with E-state index in [-0.39, 0.29) is 0 Å². The van der Waals surface area contributed by atoms with Crippen LogP contribution in [0.1, 0.15) is 0 Å². The molecule has 0 unspecified atom stereocenters. The fraction of sp³-hybridized carbons (Fsp3) is 0. The first-order chi connectivity index (χ1) is 31.3. The van der Waals surface area contributed by atoms with Crippen LogP contribution in [0.3, 0.4) is 0 Å². The van der Waals surface area contributed by atoms with Gasteiger partial charge in [-0.15, -0.1) is 11.3 Å². The van der Waals surface area contributed by atoms with E-state index in [0.717, 1.165) is 0 Å². The van der Waals surface area contributed by atoms with Crippen LogP contribution >= 0.6 is 11.3 Å². The van der Waals surface area contributed by atoms with Crippen molar-refractivity contribution in [2.75, 3.05) is 0 Å². The third-order valence-corrected chi connectivity index (χ3v) is 14.6. The number of fused-ring (bicyclic) bond motifs is 15. The summed E-state index contributed by atoms with van der Waals surface area (Å²) >= 11 is 1.88. The average molecular weight is 817 g/mol. The SMILES string of the molecule is c1ccc(-n2c3ccccc3c3cc(-c4ccc5c(c4)c4ccccc4n5-c4cc(-c5cccc6sc7ccccc7c56)cc5c6ccccc6c6ccccc6c45)ccc32)cc1. The van der Waals surface area contributed by atoms with Crippen molar-refractivity contribution in [3.8, 4) is 33.6 Å². The molecule has 0 N–H and O–H groups in total. The molecule has 0 atom stereocenters. The fourth-order valence-electron chi connectivity index (χ4n) is 10.8. The maximum Gasteiger partial charge on any atom is 0.0553 e. The summed E-state index contributed by atoms with van der Waals surface area (Å²) < 4.78 is 7.56. The summed E-state index contributed by atoms with van der Waals surface area (Å²) in [6.07, 6.45) is 0. The highest BCUT2D eigenvalue weighted by atomic mass is 32.1. The maximum absolute atomic E-state index is 2.55. The van der Waals surface area contributed by atoms with Crippen molar-refractivity contribution in [3.05, 3.63) is 218 Å². The number of nitrogens with zero attached hydrogens (tertiary/aromatic N) is 2. The van der Waals surface area contributed by atoms with E-state index in [4.69, 9.17) is 0 Å². The minimum absolute atomic E-state index is 1.17. The molecular formula is C60H36N2S. The van der Waals surface area contributed by atoms with Gasteiger partial charge in [0.15, 0.2) is 0 Å². The summed E-state index contributed by atoms with van der Waals surface area (Å²) in [5.41, 5.74) is 12.1. The van der Waals surface area contributed by atoms with Gasteiger partial charge in [0.2, 0.25) is 0 Å². The Morgan fingerprint density at radius 2 is 0.762 bits per heavy atom. The molecule has 3 heteroatoms. The first kappa shape index (κ1) is 34.7. The van der Waals surface area contributed by atoms with Gasteiger partial charge < -0.3 is 9.13 Å². The van der Waals surface area contributed by atoms with Crippen molar-refractivity contribution < 1.29 is 0 Å². The highest BCUT2D eigenvalue weighted by molar-refractivity contribution is 7.25. The molecule has 2 nitrogen and oxygen atoms in total. The molecule has 292 valence electrons. The van der Waals surface area contributed by atoms with Crippen molar-refractivity contribution in [1.82, 2.24) is 9.13 Å². The quantitative estimate of drug-likeness (QED) is 0.157. The van der Waals surface area contributed by atoms with Crippen LogP contribution in [0.4, 0.5) is 0 Å². The Morgan fingerprint density at radius 1 is 0.270 bits per heavy atom. The van der Waals surface area contributed by atoms with Crippen molar-refractivity contribution in [1.29, 1.82) is 0 Å². The van der Waals surface area contributed by atoms with Gasteiger partial charge in [-0.25, -0.2) is 0 Å². The van der Waals surface area contributed by atoms with Gasteiger partial charge >= 0.3 is 0 Å². The molecule has 0 spiro atoms. The molecule has 0 radical (unpaired) electrons. The van der Waals surface area contributed by atoms with Gasteiger partial charge in [0.05, 0.1) is 27.8 Å². The lowest BCUT2D eigenvalue weighted by molar-refractivity contribution is 1.18. The molecule has 0 bridgehead atoms. The average Bonchev–Trinajstić information content (AvgIpc) is 4.01. The largest absolute Gasteiger partial charge is 0.309 e. The topological polar surface area (TPSA) is 9.86 Å². The molecule has 0 amide bonds. The van der Waals surface area contributed by atoms with Crippen LogP contribution < -0.4 is 0 Å². The normalized spacial score (nSPS) is 12.1. The Hall–Kier alpha value is -7.98. The summed E-state index contributed by atoms with van der Waals surface area (Å²) in [6.45, 7) is 0. The third kappa shape index (κ3) is 5.00. The van der Waals surface area contributed by atoms with Crippen molar-refractivity contribution in [2.24, 2.45) is 0 Å². The summed E-state index contributed by atoms with van der Waals surface area (Å²) in [7, 11) is 0. The lowest BCUT2D eigenvalue weighted by Gasteiger charge is -2.19. The van der Waals surface area contributed by atoms with Crippen LogP contribution in [0.2, 0.25) is 0 Å². The van der Waals surface area contributed by atoms with E-state index in [9.17, 15) is 0 Å². The van der Waals surface area contributed by atoms with Crippen LogP contribution in [0.5, 0.6) is 0 Å². The molecule has 0 saturated heterocycles. The van der Waals surface area contributed by atoms with Gasteiger partial charge in [0, 0.05) is 52.8 Å². The molecule has 0 fully saturated rings. The summed E-state index contributed by atoms with van der Waals surface area (Å²) in [4.78, 5) is 0. The van der Waals surface area contributed by atoms with Crippen LogP contribution in [0.15, 0.2) is 218 Å². The predicted octanol–water partition coefficient (Wildman–Crippen LogP) is 17.0. The van der Waals surface area contributed by atoms with Crippen LogP contribution in [0.25, 0.3) is 130 Å². The molecule has 3 aromatic heterocycles. The summed E-state index contributed by atoms with van der Waals surface area (Å²) in [5.74, 6) is 0. The molecule has 3 heterocycles. The molecular weight excluding hydrogens is 781 g/mol.